The number of anilines is 1. The standard InChI is InChI=1S/C11H11ClFN3O/c1-2-16-6-7(5-15-16)17-11-4-9(13)8(12)3-10(11)14/h3-6H,2,14H2,1H3. The number of aryl methyl sites for hydroxylation is 1. The second kappa shape index (κ2) is 4.63. The molecule has 2 rings (SSSR count). The first kappa shape index (κ1) is 11.7. The maximum atomic E-state index is 13.2. The lowest BCUT2D eigenvalue weighted by Gasteiger charge is -2.07. The highest BCUT2D eigenvalue weighted by atomic mass is 35.5. The van der Waals surface area contributed by atoms with Crippen LogP contribution < -0.4 is 10.5 Å². The van der Waals surface area contributed by atoms with Crippen LogP contribution in [0.5, 0.6) is 11.5 Å². The summed E-state index contributed by atoms with van der Waals surface area (Å²) in [6.07, 6.45) is 3.24. The summed E-state index contributed by atoms with van der Waals surface area (Å²) < 4.78 is 20.4. The minimum atomic E-state index is -0.571. The number of nitrogens with two attached hydrogens (primary N) is 1. The molecule has 4 nitrogen and oxygen atoms in total. The van der Waals surface area contributed by atoms with E-state index in [1.807, 2.05) is 6.92 Å². The molecule has 2 N–H and O–H groups in total. The second-order valence-electron chi connectivity index (χ2n) is 3.44. The Kier molecular flexibility index (Phi) is 3.19. The Balaban J connectivity index is 2.26. The molecule has 0 saturated carbocycles. The Bertz CT molecular complexity index is 542. The average molecular weight is 256 g/mol. The van der Waals surface area contributed by atoms with Crippen molar-refractivity contribution < 1.29 is 9.13 Å². The zero-order valence-corrected chi connectivity index (χ0v) is 9.91. The van der Waals surface area contributed by atoms with E-state index in [1.54, 1.807) is 10.9 Å². The van der Waals surface area contributed by atoms with Crippen LogP contribution in [0.15, 0.2) is 24.5 Å². The molecule has 1 aromatic carbocycles. The molecule has 2 aromatic rings. The van der Waals surface area contributed by atoms with Gasteiger partial charge in [0.15, 0.2) is 11.5 Å². The van der Waals surface area contributed by atoms with Gasteiger partial charge >= 0.3 is 0 Å². The van der Waals surface area contributed by atoms with Crippen LogP contribution in [0.1, 0.15) is 6.92 Å². The summed E-state index contributed by atoms with van der Waals surface area (Å²) in [7, 11) is 0. The fourth-order valence-electron chi connectivity index (χ4n) is 1.33. The van der Waals surface area contributed by atoms with Crippen molar-refractivity contribution in [3.8, 4) is 11.5 Å². The summed E-state index contributed by atoms with van der Waals surface area (Å²) in [4.78, 5) is 0. The van der Waals surface area contributed by atoms with E-state index in [0.29, 0.717) is 5.75 Å². The predicted molar refractivity (Wildman–Crippen MR) is 63.8 cm³/mol. The lowest BCUT2D eigenvalue weighted by molar-refractivity contribution is 0.478. The van der Waals surface area contributed by atoms with E-state index in [0.717, 1.165) is 12.6 Å². The van der Waals surface area contributed by atoms with Gasteiger partial charge in [-0.05, 0) is 13.0 Å². The number of aromatic nitrogens is 2. The van der Waals surface area contributed by atoms with E-state index >= 15 is 0 Å². The van der Waals surface area contributed by atoms with Crippen LogP contribution in [-0.2, 0) is 6.54 Å². The molecular weight excluding hydrogens is 245 g/mol. The van der Waals surface area contributed by atoms with Gasteiger partial charge in [0.2, 0.25) is 0 Å². The number of hydrogen-bond donors (Lipinski definition) is 1. The third kappa shape index (κ3) is 2.50. The van der Waals surface area contributed by atoms with E-state index in [1.165, 1.54) is 12.3 Å². The number of nitrogen functional groups attached to an aromatic ring is 1. The van der Waals surface area contributed by atoms with E-state index in [9.17, 15) is 4.39 Å². The summed E-state index contributed by atoms with van der Waals surface area (Å²) in [6, 6.07) is 2.47. The lowest BCUT2D eigenvalue weighted by atomic mass is 10.3. The molecule has 0 atom stereocenters. The molecule has 0 aliphatic heterocycles. The van der Waals surface area contributed by atoms with Gasteiger partial charge in [-0.3, -0.25) is 4.68 Å². The SMILES string of the molecule is CCn1cc(Oc2cc(F)c(Cl)cc2N)cn1. The maximum absolute atomic E-state index is 13.2. The van der Waals surface area contributed by atoms with Crippen molar-refractivity contribution in [2.45, 2.75) is 13.5 Å². The Morgan fingerprint density at radius 3 is 2.94 bits per heavy atom. The van der Waals surface area contributed by atoms with Crippen LogP contribution in [0.25, 0.3) is 0 Å². The Labute approximate surface area is 103 Å². The summed E-state index contributed by atoms with van der Waals surface area (Å²) in [5.74, 6) is 0.154. The van der Waals surface area contributed by atoms with Gasteiger partial charge in [0.25, 0.3) is 0 Å². The molecule has 0 bridgehead atoms. The first-order valence-corrected chi connectivity index (χ1v) is 5.42. The highest BCUT2D eigenvalue weighted by Crippen LogP contribution is 2.31. The van der Waals surface area contributed by atoms with E-state index in [-0.39, 0.29) is 16.5 Å². The number of rotatable bonds is 3. The lowest BCUT2D eigenvalue weighted by Crippen LogP contribution is -1.94. The summed E-state index contributed by atoms with van der Waals surface area (Å²) in [5, 5.41) is 4.00. The minimum absolute atomic E-state index is 0.0286. The molecule has 0 unspecified atom stereocenters. The zero-order chi connectivity index (χ0) is 12.4. The Morgan fingerprint density at radius 1 is 1.53 bits per heavy atom. The molecule has 0 fully saturated rings. The third-order valence-corrected chi connectivity index (χ3v) is 2.50. The Morgan fingerprint density at radius 2 is 2.29 bits per heavy atom. The fourth-order valence-corrected chi connectivity index (χ4v) is 1.50. The minimum Gasteiger partial charge on any atom is -0.452 e. The van der Waals surface area contributed by atoms with Crippen LogP contribution >= 0.6 is 11.6 Å². The average Bonchev–Trinajstić information content (AvgIpc) is 2.73. The van der Waals surface area contributed by atoms with Crippen molar-refractivity contribution >= 4 is 17.3 Å². The highest BCUT2D eigenvalue weighted by molar-refractivity contribution is 6.31. The molecule has 0 spiro atoms. The number of halogens is 2. The van der Waals surface area contributed by atoms with E-state index in [2.05, 4.69) is 5.10 Å². The van der Waals surface area contributed by atoms with Crippen LogP contribution in [0.4, 0.5) is 10.1 Å². The van der Waals surface area contributed by atoms with Gasteiger partial charge in [0, 0.05) is 12.6 Å². The Hall–Kier alpha value is -1.75. The van der Waals surface area contributed by atoms with Crippen LogP contribution in [0.3, 0.4) is 0 Å². The van der Waals surface area contributed by atoms with Crippen molar-refractivity contribution in [1.82, 2.24) is 9.78 Å². The van der Waals surface area contributed by atoms with E-state index in [4.69, 9.17) is 22.1 Å². The third-order valence-electron chi connectivity index (χ3n) is 2.21. The molecule has 90 valence electrons. The molecule has 0 saturated heterocycles. The van der Waals surface area contributed by atoms with Crippen molar-refractivity contribution in [3.63, 3.8) is 0 Å². The van der Waals surface area contributed by atoms with Crippen LogP contribution in [0, 0.1) is 5.82 Å². The van der Waals surface area contributed by atoms with Crippen molar-refractivity contribution in [2.24, 2.45) is 0 Å². The predicted octanol–water partition coefficient (Wildman–Crippen LogP) is 3.07. The first-order chi connectivity index (χ1) is 8.10. The molecule has 0 amide bonds. The largest absolute Gasteiger partial charge is 0.452 e. The molecular formula is C11H11ClFN3O. The smallest absolute Gasteiger partial charge is 0.165 e. The number of ether oxygens (including phenoxy) is 1. The highest BCUT2D eigenvalue weighted by Gasteiger charge is 2.09. The van der Waals surface area contributed by atoms with Crippen molar-refractivity contribution in [1.29, 1.82) is 0 Å². The maximum Gasteiger partial charge on any atom is 0.165 e. The number of hydrogen-bond acceptors (Lipinski definition) is 3. The van der Waals surface area contributed by atoms with Crippen LogP contribution in [-0.4, -0.2) is 9.78 Å². The molecule has 0 radical (unpaired) electrons. The van der Waals surface area contributed by atoms with Crippen molar-refractivity contribution in [3.05, 3.63) is 35.4 Å². The molecule has 0 aliphatic carbocycles. The van der Waals surface area contributed by atoms with Gasteiger partial charge in [-0.25, -0.2) is 4.39 Å². The number of nitrogens with zero attached hydrogens (tertiary/aromatic N) is 2. The second-order valence-corrected chi connectivity index (χ2v) is 3.85. The monoisotopic (exact) mass is 255 g/mol. The van der Waals surface area contributed by atoms with Crippen molar-refractivity contribution in [2.75, 3.05) is 5.73 Å². The van der Waals surface area contributed by atoms with E-state index < -0.39 is 5.82 Å². The van der Waals surface area contributed by atoms with Gasteiger partial charge in [-0.1, -0.05) is 11.6 Å². The summed E-state index contributed by atoms with van der Waals surface area (Å²) in [5.41, 5.74) is 5.95. The summed E-state index contributed by atoms with van der Waals surface area (Å²) in [6.45, 7) is 2.68. The van der Waals surface area contributed by atoms with Gasteiger partial charge < -0.3 is 10.5 Å². The molecule has 1 aromatic heterocycles. The quantitative estimate of drug-likeness (QED) is 0.858. The van der Waals surface area contributed by atoms with Gasteiger partial charge in [0.1, 0.15) is 5.82 Å². The number of benzene rings is 1. The summed E-state index contributed by atoms with van der Waals surface area (Å²) >= 11 is 5.59. The normalized spacial score (nSPS) is 10.5. The van der Waals surface area contributed by atoms with Crippen LogP contribution in [0.2, 0.25) is 5.02 Å². The molecule has 0 aliphatic rings. The first-order valence-electron chi connectivity index (χ1n) is 5.05. The van der Waals surface area contributed by atoms with Gasteiger partial charge in [0.05, 0.1) is 23.1 Å². The molecule has 1 heterocycles. The topological polar surface area (TPSA) is 53.1 Å². The zero-order valence-electron chi connectivity index (χ0n) is 9.15. The van der Waals surface area contributed by atoms with Gasteiger partial charge in [-0.2, -0.15) is 5.10 Å². The molecule has 17 heavy (non-hydrogen) atoms. The van der Waals surface area contributed by atoms with Gasteiger partial charge in [-0.15, -0.1) is 0 Å². The fraction of sp³-hybridized carbons (Fsp3) is 0.182. The molecule has 6 heteroatoms.